The van der Waals surface area contributed by atoms with Gasteiger partial charge >= 0.3 is 0 Å². The van der Waals surface area contributed by atoms with Gasteiger partial charge in [-0.15, -0.1) is 0 Å². The molecule has 0 spiro atoms. The lowest BCUT2D eigenvalue weighted by Gasteiger charge is -2.26. The molecule has 1 aliphatic carbocycles. The van der Waals surface area contributed by atoms with Crippen molar-refractivity contribution >= 4 is 0 Å². The Balaban J connectivity index is 1.55. The predicted octanol–water partition coefficient (Wildman–Crippen LogP) is 7.03. The van der Waals surface area contributed by atoms with Crippen molar-refractivity contribution in [3.8, 4) is 17.6 Å². The molecule has 0 amide bonds. The fraction of sp³-hybridized carbons (Fsp3) is 0.462. The zero-order valence-electron chi connectivity index (χ0n) is 17.4. The van der Waals surface area contributed by atoms with Crippen LogP contribution in [0.25, 0.3) is 0 Å². The molecule has 2 aromatic rings. The van der Waals surface area contributed by atoms with Gasteiger partial charge in [0, 0.05) is 5.92 Å². The topological polar surface area (TPSA) is 9.23 Å². The summed E-state index contributed by atoms with van der Waals surface area (Å²) in [4.78, 5) is 0. The standard InChI is InChI=1S/C26H30F2O/c1-3-4-5-6-19-7-12-21(13-8-19)22-14-9-20(10-15-22)11-16-23-17-18-24(29-2)26(28)25(23)27/h7-8,12-13,17-18,20,22H,3-6,9-10,14-15H2,1-2H3. The summed E-state index contributed by atoms with van der Waals surface area (Å²) >= 11 is 0. The quantitative estimate of drug-likeness (QED) is 0.376. The van der Waals surface area contributed by atoms with Crippen molar-refractivity contribution < 1.29 is 13.5 Å². The van der Waals surface area contributed by atoms with Gasteiger partial charge in [-0.3, -0.25) is 0 Å². The zero-order valence-corrected chi connectivity index (χ0v) is 17.4. The van der Waals surface area contributed by atoms with Gasteiger partial charge in [-0.25, -0.2) is 4.39 Å². The van der Waals surface area contributed by atoms with Crippen LogP contribution in [0.3, 0.4) is 0 Å². The lowest BCUT2D eigenvalue weighted by molar-refractivity contribution is 0.371. The SMILES string of the molecule is CCCCCc1ccc(C2CCC(C#Cc3ccc(OC)c(F)c3F)CC2)cc1. The molecule has 3 heteroatoms. The zero-order chi connectivity index (χ0) is 20.6. The molecular formula is C26H30F2O. The number of hydrogen-bond acceptors (Lipinski definition) is 1. The van der Waals surface area contributed by atoms with Crippen molar-refractivity contribution in [1.29, 1.82) is 0 Å². The van der Waals surface area contributed by atoms with E-state index in [0.29, 0.717) is 5.92 Å². The first-order valence-corrected chi connectivity index (χ1v) is 10.7. The highest BCUT2D eigenvalue weighted by Crippen LogP contribution is 2.35. The largest absolute Gasteiger partial charge is 0.494 e. The van der Waals surface area contributed by atoms with Crippen LogP contribution in [0, 0.1) is 29.4 Å². The van der Waals surface area contributed by atoms with Gasteiger partial charge in [-0.05, 0) is 67.7 Å². The average Bonchev–Trinajstić information content (AvgIpc) is 2.76. The smallest absolute Gasteiger partial charge is 0.201 e. The summed E-state index contributed by atoms with van der Waals surface area (Å²) in [5, 5.41) is 0. The molecule has 0 unspecified atom stereocenters. The molecule has 0 N–H and O–H groups in total. The molecule has 1 fully saturated rings. The van der Waals surface area contributed by atoms with Crippen LogP contribution in [0.4, 0.5) is 8.78 Å². The van der Waals surface area contributed by atoms with E-state index in [1.54, 1.807) is 0 Å². The molecule has 3 rings (SSSR count). The van der Waals surface area contributed by atoms with Gasteiger partial charge < -0.3 is 4.74 Å². The molecule has 0 aliphatic heterocycles. The van der Waals surface area contributed by atoms with Crippen LogP contribution in [0.5, 0.6) is 5.75 Å². The van der Waals surface area contributed by atoms with Gasteiger partial charge in [0.15, 0.2) is 11.6 Å². The summed E-state index contributed by atoms with van der Waals surface area (Å²) in [6, 6.07) is 12.0. The Labute approximate surface area is 173 Å². The number of hydrogen-bond donors (Lipinski definition) is 0. The van der Waals surface area contributed by atoms with Crippen molar-refractivity contribution in [3.63, 3.8) is 0 Å². The second-order valence-corrected chi connectivity index (χ2v) is 7.96. The first kappa shape index (κ1) is 21.4. The maximum atomic E-state index is 14.1. The Hall–Kier alpha value is -2.34. The minimum atomic E-state index is -0.971. The number of methoxy groups -OCH3 is 1. The van der Waals surface area contributed by atoms with Crippen LogP contribution in [-0.2, 0) is 6.42 Å². The summed E-state index contributed by atoms with van der Waals surface area (Å²) < 4.78 is 32.7. The molecule has 2 aromatic carbocycles. The van der Waals surface area contributed by atoms with E-state index in [2.05, 4.69) is 43.0 Å². The highest BCUT2D eigenvalue weighted by molar-refractivity contribution is 5.41. The van der Waals surface area contributed by atoms with Crippen LogP contribution in [0.2, 0.25) is 0 Å². The van der Waals surface area contributed by atoms with Gasteiger partial charge in [0.25, 0.3) is 0 Å². The molecule has 0 heterocycles. The van der Waals surface area contributed by atoms with Crippen LogP contribution in [0.15, 0.2) is 36.4 Å². The third kappa shape index (κ3) is 5.60. The van der Waals surface area contributed by atoms with Crippen LogP contribution in [0.1, 0.15) is 74.5 Å². The van der Waals surface area contributed by atoms with E-state index < -0.39 is 11.6 Å². The molecule has 0 atom stereocenters. The van der Waals surface area contributed by atoms with Crippen molar-refractivity contribution in [2.45, 2.75) is 64.2 Å². The van der Waals surface area contributed by atoms with Crippen molar-refractivity contribution in [2.75, 3.05) is 7.11 Å². The van der Waals surface area contributed by atoms with E-state index in [0.717, 1.165) is 25.7 Å². The van der Waals surface area contributed by atoms with Crippen molar-refractivity contribution in [3.05, 3.63) is 64.7 Å². The van der Waals surface area contributed by atoms with Gasteiger partial charge in [-0.1, -0.05) is 55.9 Å². The van der Waals surface area contributed by atoms with E-state index in [-0.39, 0.29) is 17.2 Å². The highest BCUT2D eigenvalue weighted by atomic mass is 19.2. The van der Waals surface area contributed by atoms with Crippen LogP contribution < -0.4 is 4.74 Å². The molecule has 0 bridgehead atoms. The highest BCUT2D eigenvalue weighted by Gasteiger charge is 2.21. The summed E-state index contributed by atoms with van der Waals surface area (Å²) in [5.74, 6) is 4.82. The molecule has 1 nitrogen and oxygen atoms in total. The second kappa shape index (κ2) is 10.4. The molecule has 0 radical (unpaired) electrons. The molecule has 1 aliphatic rings. The molecule has 29 heavy (non-hydrogen) atoms. The number of halogens is 2. The Morgan fingerprint density at radius 1 is 0.931 bits per heavy atom. The summed E-state index contributed by atoms with van der Waals surface area (Å²) in [6.45, 7) is 2.23. The van der Waals surface area contributed by atoms with E-state index in [4.69, 9.17) is 4.74 Å². The minimum Gasteiger partial charge on any atom is -0.494 e. The fourth-order valence-corrected chi connectivity index (χ4v) is 4.07. The van der Waals surface area contributed by atoms with Crippen LogP contribution >= 0.6 is 0 Å². The summed E-state index contributed by atoms with van der Waals surface area (Å²) in [5.41, 5.74) is 2.94. The number of rotatable bonds is 6. The van der Waals surface area contributed by atoms with Gasteiger partial charge in [-0.2, -0.15) is 4.39 Å². The van der Waals surface area contributed by atoms with E-state index in [1.165, 1.54) is 56.1 Å². The third-order valence-electron chi connectivity index (χ3n) is 5.93. The van der Waals surface area contributed by atoms with E-state index in [1.807, 2.05) is 0 Å². The van der Waals surface area contributed by atoms with Crippen LogP contribution in [-0.4, -0.2) is 7.11 Å². The molecular weight excluding hydrogens is 366 g/mol. The number of benzene rings is 2. The van der Waals surface area contributed by atoms with Crippen molar-refractivity contribution in [1.82, 2.24) is 0 Å². The third-order valence-corrected chi connectivity index (χ3v) is 5.93. The Morgan fingerprint density at radius 2 is 1.66 bits per heavy atom. The van der Waals surface area contributed by atoms with E-state index in [9.17, 15) is 8.78 Å². The summed E-state index contributed by atoms with van der Waals surface area (Å²) in [7, 11) is 1.32. The first-order chi connectivity index (χ1) is 14.1. The molecule has 1 saturated carbocycles. The van der Waals surface area contributed by atoms with Crippen molar-refractivity contribution in [2.24, 2.45) is 5.92 Å². The average molecular weight is 397 g/mol. The minimum absolute atomic E-state index is 0.0926. The number of unbranched alkanes of at least 4 members (excludes halogenated alkanes) is 2. The number of aryl methyl sites for hydroxylation is 1. The van der Waals surface area contributed by atoms with Gasteiger partial charge in [0.05, 0.1) is 12.7 Å². The number of ether oxygens (including phenoxy) is 1. The predicted molar refractivity (Wildman–Crippen MR) is 114 cm³/mol. The Morgan fingerprint density at radius 3 is 2.31 bits per heavy atom. The second-order valence-electron chi connectivity index (χ2n) is 7.96. The molecule has 0 saturated heterocycles. The van der Waals surface area contributed by atoms with E-state index >= 15 is 0 Å². The lowest BCUT2D eigenvalue weighted by Crippen LogP contribution is -2.12. The normalized spacial score (nSPS) is 18.8. The first-order valence-electron chi connectivity index (χ1n) is 10.7. The molecule has 0 aromatic heterocycles. The Bertz CT molecular complexity index is 853. The van der Waals surface area contributed by atoms with Gasteiger partial charge in [0.1, 0.15) is 0 Å². The Kier molecular flexibility index (Phi) is 7.69. The van der Waals surface area contributed by atoms with Gasteiger partial charge in [0.2, 0.25) is 5.82 Å². The maximum absolute atomic E-state index is 14.1. The monoisotopic (exact) mass is 396 g/mol. The lowest BCUT2D eigenvalue weighted by atomic mass is 9.78. The molecule has 154 valence electrons. The maximum Gasteiger partial charge on any atom is 0.201 e. The summed E-state index contributed by atoms with van der Waals surface area (Å²) in [6.07, 6.45) is 9.15. The fourth-order valence-electron chi connectivity index (χ4n) is 4.07.